The van der Waals surface area contributed by atoms with E-state index in [4.69, 9.17) is 0 Å². The molecule has 3 rings (SSSR count). The van der Waals surface area contributed by atoms with E-state index in [2.05, 4.69) is 60.0 Å². The van der Waals surface area contributed by atoms with Crippen molar-refractivity contribution in [2.24, 2.45) is 5.92 Å². The molecule has 0 aliphatic carbocycles. The Morgan fingerprint density at radius 3 is 2.70 bits per heavy atom. The van der Waals surface area contributed by atoms with E-state index in [0.717, 1.165) is 12.5 Å². The number of hydrogen-bond acceptors (Lipinski definition) is 2. The maximum absolute atomic E-state index is 3.73. The molecule has 1 fully saturated rings. The minimum Gasteiger partial charge on any atom is -0.317 e. The Hall–Kier alpha value is -1.38. The quantitative estimate of drug-likeness (QED) is 0.887. The standard InChI is InChI=1S/C18H24N2/c1-14(20-13-15-9-11-19-12-10-15)17-8-4-6-16-5-2-3-7-18(16)17/h2-8,14-15,19-20H,9-13H2,1H3. The van der Waals surface area contributed by atoms with E-state index in [1.165, 1.54) is 42.3 Å². The molecule has 2 nitrogen and oxygen atoms in total. The Labute approximate surface area is 121 Å². The van der Waals surface area contributed by atoms with Gasteiger partial charge in [-0.1, -0.05) is 42.5 Å². The number of fused-ring (bicyclic) bond motifs is 1. The summed E-state index contributed by atoms with van der Waals surface area (Å²) >= 11 is 0. The molecule has 2 aromatic rings. The van der Waals surface area contributed by atoms with Crippen LogP contribution in [0.5, 0.6) is 0 Å². The van der Waals surface area contributed by atoms with Crippen LogP contribution in [0.25, 0.3) is 10.8 Å². The Bertz CT molecular complexity index is 553. The molecular formula is C18H24N2. The lowest BCUT2D eigenvalue weighted by atomic mass is 9.96. The molecule has 0 spiro atoms. The van der Waals surface area contributed by atoms with E-state index in [9.17, 15) is 0 Å². The highest BCUT2D eigenvalue weighted by atomic mass is 14.9. The second kappa shape index (κ2) is 6.38. The van der Waals surface area contributed by atoms with Crippen LogP contribution < -0.4 is 10.6 Å². The van der Waals surface area contributed by atoms with E-state index in [0.29, 0.717) is 6.04 Å². The first kappa shape index (κ1) is 13.6. The Kier molecular flexibility index (Phi) is 4.34. The first-order valence-corrected chi connectivity index (χ1v) is 7.76. The summed E-state index contributed by atoms with van der Waals surface area (Å²) in [5.41, 5.74) is 1.41. The van der Waals surface area contributed by atoms with Gasteiger partial charge in [0.15, 0.2) is 0 Å². The van der Waals surface area contributed by atoms with Gasteiger partial charge in [-0.3, -0.25) is 0 Å². The fraction of sp³-hybridized carbons (Fsp3) is 0.444. The van der Waals surface area contributed by atoms with Gasteiger partial charge in [0.2, 0.25) is 0 Å². The molecule has 0 bridgehead atoms. The van der Waals surface area contributed by atoms with Gasteiger partial charge in [-0.25, -0.2) is 0 Å². The molecule has 20 heavy (non-hydrogen) atoms. The Morgan fingerprint density at radius 2 is 1.85 bits per heavy atom. The highest BCUT2D eigenvalue weighted by Gasteiger charge is 2.15. The molecule has 106 valence electrons. The van der Waals surface area contributed by atoms with Crippen LogP contribution in [0.15, 0.2) is 42.5 Å². The monoisotopic (exact) mass is 268 g/mol. The number of piperidine rings is 1. The van der Waals surface area contributed by atoms with Crippen LogP contribution in [0.3, 0.4) is 0 Å². The van der Waals surface area contributed by atoms with Crippen molar-refractivity contribution in [1.29, 1.82) is 0 Å². The lowest BCUT2D eigenvalue weighted by molar-refractivity contribution is 0.345. The predicted molar refractivity (Wildman–Crippen MR) is 86.0 cm³/mol. The molecule has 1 aliphatic rings. The summed E-state index contributed by atoms with van der Waals surface area (Å²) in [4.78, 5) is 0. The van der Waals surface area contributed by atoms with E-state index in [1.54, 1.807) is 0 Å². The minimum absolute atomic E-state index is 0.413. The minimum atomic E-state index is 0.413. The highest BCUT2D eigenvalue weighted by Crippen LogP contribution is 2.24. The first-order chi connectivity index (χ1) is 9.84. The third kappa shape index (κ3) is 3.02. The van der Waals surface area contributed by atoms with Crippen molar-refractivity contribution >= 4 is 10.8 Å². The molecule has 2 N–H and O–H groups in total. The van der Waals surface area contributed by atoms with Crippen molar-refractivity contribution in [3.63, 3.8) is 0 Å². The molecule has 1 atom stereocenters. The topological polar surface area (TPSA) is 24.1 Å². The summed E-state index contributed by atoms with van der Waals surface area (Å²) in [5.74, 6) is 0.827. The van der Waals surface area contributed by atoms with Gasteiger partial charge in [-0.2, -0.15) is 0 Å². The molecule has 2 aromatic carbocycles. The van der Waals surface area contributed by atoms with Gasteiger partial charge < -0.3 is 10.6 Å². The second-order valence-corrected chi connectivity index (χ2v) is 5.89. The number of hydrogen-bond donors (Lipinski definition) is 2. The van der Waals surface area contributed by atoms with Crippen molar-refractivity contribution in [3.8, 4) is 0 Å². The van der Waals surface area contributed by atoms with Crippen molar-refractivity contribution in [3.05, 3.63) is 48.0 Å². The molecule has 1 unspecified atom stereocenters. The zero-order valence-electron chi connectivity index (χ0n) is 12.2. The van der Waals surface area contributed by atoms with Gasteiger partial charge in [0.05, 0.1) is 0 Å². The van der Waals surface area contributed by atoms with Gasteiger partial charge in [0.1, 0.15) is 0 Å². The van der Waals surface area contributed by atoms with Crippen LogP contribution in [-0.2, 0) is 0 Å². The Balaban J connectivity index is 1.70. The first-order valence-electron chi connectivity index (χ1n) is 7.76. The SMILES string of the molecule is CC(NCC1CCNCC1)c1cccc2ccccc12. The normalized spacial score (nSPS) is 18.2. The van der Waals surface area contributed by atoms with Gasteiger partial charge >= 0.3 is 0 Å². The second-order valence-electron chi connectivity index (χ2n) is 5.89. The average molecular weight is 268 g/mol. The third-order valence-corrected chi connectivity index (χ3v) is 4.46. The van der Waals surface area contributed by atoms with Crippen LogP contribution in [0, 0.1) is 5.92 Å². The van der Waals surface area contributed by atoms with Crippen LogP contribution in [-0.4, -0.2) is 19.6 Å². The fourth-order valence-corrected chi connectivity index (χ4v) is 3.17. The lowest BCUT2D eigenvalue weighted by Crippen LogP contribution is -2.34. The van der Waals surface area contributed by atoms with E-state index < -0.39 is 0 Å². The largest absolute Gasteiger partial charge is 0.317 e. The van der Waals surface area contributed by atoms with Crippen LogP contribution in [0.1, 0.15) is 31.4 Å². The van der Waals surface area contributed by atoms with Gasteiger partial charge in [-0.05, 0) is 61.7 Å². The number of nitrogens with one attached hydrogen (secondary N) is 2. The molecule has 0 amide bonds. The van der Waals surface area contributed by atoms with Gasteiger partial charge in [0, 0.05) is 6.04 Å². The zero-order valence-corrected chi connectivity index (χ0v) is 12.2. The molecule has 0 radical (unpaired) electrons. The molecule has 1 heterocycles. The summed E-state index contributed by atoms with van der Waals surface area (Å²) in [6.07, 6.45) is 2.60. The molecule has 1 saturated heterocycles. The molecular weight excluding hydrogens is 244 g/mol. The van der Waals surface area contributed by atoms with Gasteiger partial charge in [0.25, 0.3) is 0 Å². The maximum atomic E-state index is 3.73. The highest BCUT2D eigenvalue weighted by molar-refractivity contribution is 5.86. The number of benzene rings is 2. The third-order valence-electron chi connectivity index (χ3n) is 4.46. The van der Waals surface area contributed by atoms with Crippen LogP contribution >= 0.6 is 0 Å². The average Bonchev–Trinajstić information content (AvgIpc) is 2.53. The summed E-state index contributed by atoms with van der Waals surface area (Å²) < 4.78 is 0. The fourth-order valence-electron chi connectivity index (χ4n) is 3.17. The van der Waals surface area contributed by atoms with Crippen molar-refractivity contribution in [1.82, 2.24) is 10.6 Å². The van der Waals surface area contributed by atoms with Crippen molar-refractivity contribution in [2.75, 3.05) is 19.6 Å². The molecule has 0 aromatic heterocycles. The van der Waals surface area contributed by atoms with E-state index in [-0.39, 0.29) is 0 Å². The van der Waals surface area contributed by atoms with Crippen LogP contribution in [0.2, 0.25) is 0 Å². The molecule has 2 heteroatoms. The van der Waals surface area contributed by atoms with Gasteiger partial charge in [-0.15, -0.1) is 0 Å². The van der Waals surface area contributed by atoms with E-state index in [1.807, 2.05) is 0 Å². The number of rotatable bonds is 4. The Morgan fingerprint density at radius 1 is 1.10 bits per heavy atom. The van der Waals surface area contributed by atoms with E-state index >= 15 is 0 Å². The summed E-state index contributed by atoms with van der Waals surface area (Å²) in [7, 11) is 0. The van der Waals surface area contributed by atoms with Crippen molar-refractivity contribution < 1.29 is 0 Å². The smallest absolute Gasteiger partial charge is 0.0298 e. The van der Waals surface area contributed by atoms with Crippen LogP contribution in [0.4, 0.5) is 0 Å². The zero-order chi connectivity index (χ0) is 13.8. The van der Waals surface area contributed by atoms with Crippen molar-refractivity contribution in [2.45, 2.75) is 25.8 Å². The predicted octanol–water partition coefficient (Wildman–Crippen LogP) is 3.49. The molecule has 0 saturated carbocycles. The summed E-state index contributed by atoms with van der Waals surface area (Å²) in [6.45, 7) is 5.76. The summed E-state index contributed by atoms with van der Waals surface area (Å²) in [5, 5.41) is 9.87. The molecule has 1 aliphatic heterocycles. The maximum Gasteiger partial charge on any atom is 0.0298 e. The lowest BCUT2D eigenvalue weighted by Gasteiger charge is -2.25. The summed E-state index contributed by atoms with van der Waals surface area (Å²) in [6, 6.07) is 15.7.